The van der Waals surface area contributed by atoms with Gasteiger partial charge in [0.2, 0.25) is 0 Å². The van der Waals surface area contributed by atoms with Crippen molar-refractivity contribution in [3.8, 4) is 6.07 Å². The highest BCUT2D eigenvalue weighted by atomic mass is 32.1. The number of nitrogens with one attached hydrogen (secondary N) is 1. The van der Waals surface area contributed by atoms with Crippen LogP contribution in [-0.4, -0.2) is 17.6 Å². The SMILES string of the molecule is N#Cc1ccsc1C(=O)NCC(O)c1ccsc1. The van der Waals surface area contributed by atoms with E-state index in [0.717, 1.165) is 5.56 Å². The minimum absolute atomic E-state index is 0.137. The first kappa shape index (κ1) is 12.8. The zero-order chi connectivity index (χ0) is 13.0. The molecule has 1 amide bonds. The fourth-order valence-corrected chi connectivity index (χ4v) is 2.89. The molecule has 2 aromatic rings. The number of hydrogen-bond donors (Lipinski definition) is 2. The lowest BCUT2D eigenvalue weighted by Crippen LogP contribution is -2.28. The van der Waals surface area contributed by atoms with E-state index in [2.05, 4.69) is 5.32 Å². The van der Waals surface area contributed by atoms with E-state index in [1.54, 1.807) is 11.4 Å². The molecule has 0 saturated heterocycles. The second-order valence-corrected chi connectivity index (χ2v) is 5.25. The molecule has 2 rings (SSSR count). The molecule has 2 N–H and O–H groups in total. The minimum atomic E-state index is -0.717. The third-order valence-corrected chi connectivity index (χ3v) is 3.99. The summed E-state index contributed by atoms with van der Waals surface area (Å²) >= 11 is 2.71. The smallest absolute Gasteiger partial charge is 0.262 e. The first-order chi connectivity index (χ1) is 8.72. The van der Waals surface area contributed by atoms with E-state index in [-0.39, 0.29) is 12.5 Å². The van der Waals surface area contributed by atoms with Gasteiger partial charge in [-0.3, -0.25) is 4.79 Å². The van der Waals surface area contributed by atoms with Gasteiger partial charge >= 0.3 is 0 Å². The molecule has 18 heavy (non-hydrogen) atoms. The minimum Gasteiger partial charge on any atom is -0.387 e. The van der Waals surface area contributed by atoms with Crippen LogP contribution < -0.4 is 5.32 Å². The maximum absolute atomic E-state index is 11.8. The van der Waals surface area contributed by atoms with Crippen molar-refractivity contribution in [2.45, 2.75) is 6.10 Å². The number of amides is 1. The van der Waals surface area contributed by atoms with E-state index < -0.39 is 6.10 Å². The van der Waals surface area contributed by atoms with Gasteiger partial charge in [0, 0.05) is 6.54 Å². The normalized spacial score (nSPS) is 11.8. The molecule has 0 aliphatic carbocycles. The number of carbonyl (C=O) groups excluding carboxylic acids is 1. The molecule has 0 spiro atoms. The van der Waals surface area contributed by atoms with E-state index in [4.69, 9.17) is 5.26 Å². The van der Waals surface area contributed by atoms with Crippen molar-refractivity contribution in [3.63, 3.8) is 0 Å². The van der Waals surface area contributed by atoms with Crippen LogP contribution in [0.3, 0.4) is 0 Å². The Balaban J connectivity index is 1.95. The molecule has 0 aliphatic rings. The highest BCUT2D eigenvalue weighted by Crippen LogP contribution is 2.17. The van der Waals surface area contributed by atoms with Gasteiger partial charge in [-0.15, -0.1) is 11.3 Å². The first-order valence-electron chi connectivity index (χ1n) is 5.18. The van der Waals surface area contributed by atoms with Crippen LogP contribution in [0, 0.1) is 11.3 Å². The van der Waals surface area contributed by atoms with Crippen molar-refractivity contribution in [2.75, 3.05) is 6.54 Å². The third-order valence-electron chi connectivity index (χ3n) is 2.38. The van der Waals surface area contributed by atoms with E-state index in [1.807, 2.05) is 22.9 Å². The van der Waals surface area contributed by atoms with Crippen LogP contribution in [0.5, 0.6) is 0 Å². The standard InChI is InChI=1S/C12H10N2O2S2/c13-5-8-2-4-18-11(8)12(16)14-6-10(15)9-1-3-17-7-9/h1-4,7,10,15H,6H2,(H,14,16). The summed E-state index contributed by atoms with van der Waals surface area (Å²) in [4.78, 5) is 12.2. The number of hydrogen-bond acceptors (Lipinski definition) is 5. The predicted octanol–water partition coefficient (Wildman–Crippen LogP) is 2.14. The number of nitriles is 1. The molecular weight excluding hydrogens is 268 g/mol. The van der Waals surface area contributed by atoms with Gasteiger partial charge in [0.25, 0.3) is 5.91 Å². The lowest BCUT2D eigenvalue weighted by atomic mass is 10.2. The van der Waals surface area contributed by atoms with Gasteiger partial charge in [0.15, 0.2) is 0 Å². The van der Waals surface area contributed by atoms with Gasteiger partial charge in [-0.1, -0.05) is 0 Å². The Morgan fingerprint density at radius 2 is 2.33 bits per heavy atom. The van der Waals surface area contributed by atoms with Crippen LogP contribution >= 0.6 is 22.7 Å². The molecule has 0 fully saturated rings. The maximum atomic E-state index is 11.8. The van der Waals surface area contributed by atoms with Gasteiger partial charge in [-0.25, -0.2) is 0 Å². The van der Waals surface area contributed by atoms with Gasteiger partial charge in [-0.05, 0) is 33.8 Å². The molecule has 92 valence electrons. The Hall–Kier alpha value is -1.68. The quantitative estimate of drug-likeness (QED) is 0.900. The van der Waals surface area contributed by atoms with Crippen molar-refractivity contribution >= 4 is 28.6 Å². The van der Waals surface area contributed by atoms with Crippen molar-refractivity contribution in [3.05, 3.63) is 44.3 Å². The summed E-state index contributed by atoms with van der Waals surface area (Å²) in [7, 11) is 0. The Morgan fingerprint density at radius 1 is 1.50 bits per heavy atom. The number of rotatable bonds is 4. The van der Waals surface area contributed by atoms with Gasteiger partial charge < -0.3 is 10.4 Å². The zero-order valence-electron chi connectivity index (χ0n) is 9.29. The largest absolute Gasteiger partial charge is 0.387 e. The van der Waals surface area contributed by atoms with Crippen LogP contribution in [0.15, 0.2) is 28.3 Å². The van der Waals surface area contributed by atoms with Crippen molar-refractivity contribution < 1.29 is 9.90 Å². The summed E-state index contributed by atoms with van der Waals surface area (Å²) in [5.74, 6) is -0.323. The Morgan fingerprint density at radius 3 is 3.00 bits per heavy atom. The van der Waals surface area contributed by atoms with Gasteiger partial charge in [0.1, 0.15) is 10.9 Å². The van der Waals surface area contributed by atoms with Crippen LogP contribution in [0.4, 0.5) is 0 Å². The number of nitrogens with zero attached hydrogens (tertiary/aromatic N) is 1. The molecule has 0 aromatic carbocycles. The van der Waals surface area contributed by atoms with Crippen molar-refractivity contribution in [1.29, 1.82) is 5.26 Å². The Labute approximate surface area is 112 Å². The lowest BCUT2D eigenvalue weighted by molar-refractivity contribution is 0.0920. The van der Waals surface area contributed by atoms with Crippen LogP contribution in [0.2, 0.25) is 0 Å². The molecule has 0 bridgehead atoms. The van der Waals surface area contributed by atoms with Crippen LogP contribution in [0.25, 0.3) is 0 Å². The van der Waals surface area contributed by atoms with E-state index >= 15 is 0 Å². The average Bonchev–Trinajstić information content (AvgIpc) is 3.04. The summed E-state index contributed by atoms with van der Waals surface area (Å²) in [6.07, 6.45) is -0.717. The second-order valence-electron chi connectivity index (χ2n) is 3.56. The first-order valence-corrected chi connectivity index (χ1v) is 7.00. The number of thiophene rings is 2. The number of carbonyl (C=O) groups is 1. The van der Waals surface area contributed by atoms with E-state index in [0.29, 0.717) is 10.4 Å². The molecule has 0 saturated carbocycles. The van der Waals surface area contributed by atoms with Gasteiger partial charge in [0.05, 0.1) is 11.7 Å². The third kappa shape index (κ3) is 2.76. The summed E-state index contributed by atoms with van der Waals surface area (Å²) in [5, 5.41) is 26.6. The Kier molecular flexibility index (Phi) is 4.10. The average molecular weight is 278 g/mol. The molecule has 1 unspecified atom stereocenters. The Bertz CT molecular complexity index is 569. The van der Waals surface area contributed by atoms with Crippen LogP contribution in [-0.2, 0) is 0 Å². The molecule has 0 aliphatic heterocycles. The fraction of sp³-hybridized carbons (Fsp3) is 0.167. The second kappa shape index (κ2) is 5.78. The maximum Gasteiger partial charge on any atom is 0.262 e. The highest BCUT2D eigenvalue weighted by Gasteiger charge is 2.15. The highest BCUT2D eigenvalue weighted by molar-refractivity contribution is 7.12. The summed E-state index contributed by atoms with van der Waals surface area (Å²) < 4.78 is 0. The fourth-order valence-electron chi connectivity index (χ4n) is 1.43. The van der Waals surface area contributed by atoms with E-state index in [9.17, 15) is 9.90 Å². The zero-order valence-corrected chi connectivity index (χ0v) is 10.9. The summed E-state index contributed by atoms with van der Waals surface area (Å²) in [6, 6.07) is 5.38. The molecule has 6 heteroatoms. The molecule has 4 nitrogen and oxygen atoms in total. The molecule has 1 atom stereocenters. The van der Waals surface area contributed by atoms with Gasteiger partial charge in [-0.2, -0.15) is 16.6 Å². The van der Waals surface area contributed by atoms with E-state index in [1.165, 1.54) is 22.7 Å². The molecular formula is C12H10N2O2S2. The summed E-state index contributed by atoms with van der Waals surface area (Å²) in [5.41, 5.74) is 1.15. The number of aliphatic hydroxyl groups excluding tert-OH is 1. The molecule has 2 heterocycles. The monoisotopic (exact) mass is 278 g/mol. The lowest BCUT2D eigenvalue weighted by Gasteiger charge is -2.09. The predicted molar refractivity (Wildman–Crippen MR) is 70.6 cm³/mol. The molecule has 0 radical (unpaired) electrons. The van der Waals surface area contributed by atoms with Crippen LogP contribution in [0.1, 0.15) is 26.9 Å². The van der Waals surface area contributed by atoms with Crippen molar-refractivity contribution in [2.24, 2.45) is 0 Å². The summed E-state index contributed by atoms with van der Waals surface area (Å²) in [6.45, 7) is 0.137. The molecule has 2 aromatic heterocycles. The number of aliphatic hydroxyl groups is 1. The topological polar surface area (TPSA) is 73.1 Å². The van der Waals surface area contributed by atoms with Crippen molar-refractivity contribution in [1.82, 2.24) is 5.32 Å².